The largest absolute Gasteiger partial charge is 0.380 e. The van der Waals surface area contributed by atoms with Crippen LogP contribution in [-0.2, 0) is 16.0 Å². The van der Waals surface area contributed by atoms with E-state index in [9.17, 15) is 4.79 Å². The molecule has 1 heterocycles. The third kappa shape index (κ3) is 4.57. The quantitative estimate of drug-likeness (QED) is 0.803. The Hall–Kier alpha value is -1.35. The lowest BCUT2D eigenvalue weighted by Gasteiger charge is -2.16. The predicted molar refractivity (Wildman–Crippen MR) is 85.5 cm³/mol. The maximum Gasteiger partial charge on any atom is 0.222 e. The van der Waals surface area contributed by atoms with Crippen LogP contribution < -0.4 is 0 Å². The number of hydrogen-bond acceptors (Lipinski definition) is 2. The van der Waals surface area contributed by atoms with Crippen molar-refractivity contribution in [1.82, 2.24) is 4.90 Å². The van der Waals surface area contributed by atoms with Crippen molar-refractivity contribution in [2.45, 2.75) is 51.6 Å². The van der Waals surface area contributed by atoms with Crippen molar-refractivity contribution in [3.05, 3.63) is 35.4 Å². The van der Waals surface area contributed by atoms with Gasteiger partial charge in [-0.05, 0) is 36.3 Å². The number of nitrogens with zero attached hydrogens (tertiary/aromatic N) is 1. The highest BCUT2D eigenvalue weighted by Crippen LogP contribution is 2.17. The summed E-state index contributed by atoms with van der Waals surface area (Å²) < 4.78 is 5.30. The van der Waals surface area contributed by atoms with Crippen molar-refractivity contribution in [2.24, 2.45) is 0 Å². The van der Waals surface area contributed by atoms with Crippen molar-refractivity contribution >= 4 is 5.91 Å². The first kappa shape index (κ1) is 16.0. The standard InChI is InChI=1S/C18H27NO2/c1-14(2)16-9-7-15(8-10-16)5-4-6-18(20)19-12-11-17(13-19)21-3/h7-10,14,17H,4-6,11-13H2,1-3H3/t17-/m1/s1. The zero-order valence-electron chi connectivity index (χ0n) is 13.5. The number of likely N-dealkylation sites (tertiary alicyclic amines) is 1. The number of rotatable bonds is 6. The number of carbonyl (C=O) groups is 1. The molecule has 21 heavy (non-hydrogen) atoms. The van der Waals surface area contributed by atoms with Gasteiger partial charge in [0.1, 0.15) is 0 Å². The van der Waals surface area contributed by atoms with Crippen LogP contribution in [0.5, 0.6) is 0 Å². The molecule has 1 aliphatic heterocycles. The van der Waals surface area contributed by atoms with Gasteiger partial charge in [-0.15, -0.1) is 0 Å². The van der Waals surface area contributed by atoms with Crippen LogP contribution >= 0.6 is 0 Å². The predicted octanol–water partition coefficient (Wildman–Crippen LogP) is 3.38. The molecule has 1 aliphatic rings. The van der Waals surface area contributed by atoms with Gasteiger partial charge in [0.15, 0.2) is 0 Å². The molecule has 0 aromatic heterocycles. The summed E-state index contributed by atoms with van der Waals surface area (Å²) in [5, 5.41) is 0. The van der Waals surface area contributed by atoms with E-state index in [0.29, 0.717) is 12.3 Å². The molecule has 116 valence electrons. The molecule has 0 spiro atoms. The van der Waals surface area contributed by atoms with Crippen LogP contribution in [-0.4, -0.2) is 37.1 Å². The monoisotopic (exact) mass is 289 g/mol. The van der Waals surface area contributed by atoms with E-state index in [-0.39, 0.29) is 12.0 Å². The Kier molecular flexibility index (Phi) is 5.80. The molecule has 0 bridgehead atoms. The van der Waals surface area contributed by atoms with E-state index < -0.39 is 0 Å². The van der Waals surface area contributed by atoms with Crippen LogP contribution in [0.3, 0.4) is 0 Å². The molecule has 0 unspecified atom stereocenters. The van der Waals surface area contributed by atoms with E-state index in [0.717, 1.165) is 32.4 Å². The van der Waals surface area contributed by atoms with Crippen molar-refractivity contribution in [1.29, 1.82) is 0 Å². The molecule has 1 aromatic carbocycles. The highest BCUT2D eigenvalue weighted by molar-refractivity contribution is 5.76. The summed E-state index contributed by atoms with van der Waals surface area (Å²) in [6.07, 6.45) is 3.75. The summed E-state index contributed by atoms with van der Waals surface area (Å²) in [6.45, 7) is 6.02. The maximum absolute atomic E-state index is 12.1. The van der Waals surface area contributed by atoms with Gasteiger partial charge in [0.2, 0.25) is 5.91 Å². The molecule has 0 radical (unpaired) electrons. The zero-order valence-corrected chi connectivity index (χ0v) is 13.5. The maximum atomic E-state index is 12.1. The zero-order chi connectivity index (χ0) is 15.2. The molecule has 3 nitrogen and oxygen atoms in total. The van der Waals surface area contributed by atoms with E-state index in [4.69, 9.17) is 4.74 Å². The highest BCUT2D eigenvalue weighted by Gasteiger charge is 2.25. The molecule has 0 saturated carbocycles. The molecular formula is C18H27NO2. The minimum absolute atomic E-state index is 0.234. The van der Waals surface area contributed by atoms with Crippen molar-refractivity contribution in [3.63, 3.8) is 0 Å². The Bertz CT molecular complexity index is 453. The SMILES string of the molecule is CO[C@@H]1CCN(C(=O)CCCc2ccc(C(C)C)cc2)C1. The number of carbonyl (C=O) groups excluding carboxylic acids is 1. The number of amides is 1. The summed E-state index contributed by atoms with van der Waals surface area (Å²) in [4.78, 5) is 14.1. The summed E-state index contributed by atoms with van der Waals surface area (Å²) in [7, 11) is 1.72. The molecule has 3 heteroatoms. The minimum Gasteiger partial charge on any atom is -0.380 e. The molecule has 0 aliphatic carbocycles. The van der Waals surface area contributed by atoms with Crippen molar-refractivity contribution < 1.29 is 9.53 Å². The average Bonchev–Trinajstić information content (AvgIpc) is 2.96. The molecule has 1 atom stereocenters. The Labute approximate surface area is 128 Å². The lowest BCUT2D eigenvalue weighted by Crippen LogP contribution is -2.29. The number of aryl methyl sites for hydroxylation is 1. The lowest BCUT2D eigenvalue weighted by molar-refractivity contribution is -0.130. The third-order valence-corrected chi connectivity index (χ3v) is 4.33. The number of methoxy groups -OCH3 is 1. The Morgan fingerprint density at radius 3 is 2.62 bits per heavy atom. The van der Waals surface area contributed by atoms with Gasteiger partial charge in [0.05, 0.1) is 6.10 Å². The molecule has 1 fully saturated rings. The van der Waals surface area contributed by atoms with E-state index >= 15 is 0 Å². The first-order chi connectivity index (χ1) is 10.1. The van der Waals surface area contributed by atoms with Gasteiger partial charge in [0.25, 0.3) is 0 Å². The Morgan fingerprint density at radius 2 is 2.05 bits per heavy atom. The number of hydrogen-bond donors (Lipinski definition) is 0. The van der Waals surface area contributed by atoms with Gasteiger partial charge in [0, 0.05) is 26.6 Å². The lowest BCUT2D eigenvalue weighted by atomic mass is 10.00. The molecule has 1 saturated heterocycles. The molecule has 1 aromatic rings. The van der Waals surface area contributed by atoms with E-state index in [1.165, 1.54) is 11.1 Å². The first-order valence-corrected chi connectivity index (χ1v) is 7.99. The van der Waals surface area contributed by atoms with E-state index in [1.807, 2.05) is 4.90 Å². The van der Waals surface area contributed by atoms with Gasteiger partial charge in [-0.25, -0.2) is 0 Å². The second-order valence-corrected chi connectivity index (χ2v) is 6.24. The molecular weight excluding hydrogens is 262 g/mol. The summed E-state index contributed by atoms with van der Waals surface area (Å²) in [5.74, 6) is 0.845. The molecule has 1 amide bonds. The Morgan fingerprint density at radius 1 is 1.33 bits per heavy atom. The fourth-order valence-corrected chi connectivity index (χ4v) is 2.82. The topological polar surface area (TPSA) is 29.5 Å². The van der Waals surface area contributed by atoms with Gasteiger partial charge in [-0.3, -0.25) is 4.79 Å². The summed E-state index contributed by atoms with van der Waals surface area (Å²) in [6, 6.07) is 8.78. The summed E-state index contributed by atoms with van der Waals surface area (Å²) >= 11 is 0. The third-order valence-electron chi connectivity index (χ3n) is 4.33. The van der Waals surface area contributed by atoms with Crippen LogP contribution in [0.1, 0.15) is 50.2 Å². The smallest absolute Gasteiger partial charge is 0.222 e. The fraction of sp³-hybridized carbons (Fsp3) is 0.611. The highest BCUT2D eigenvalue weighted by atomic mass is 16.5. The van der Waals surface area contributed by atoms with Gasteiger partial charge >= 0.3 is 0 Å². The normalized spacial score (nSPS) is 18.5. The van der Waals surface area contributed by atoms with Crippen LogP contribution in [0.25, 0.3) is 0 Å². The van der Waals surface area contributed by atoms with E-state index in [1.54, 1.807) is 7.11 Å². The van der Waals surface area contributed by atoms with Crippen LogP contribution in [0.2, 0.25) is 0 Å². The second kappa shape index (κ2) is 7.60. The fourth-order valence-electron chi connectivity index (χ4n) is 2.82. The molecule has 0 N–H and O–H groups in total. The van der Waals surface area contributed by atoms with E-state index in [2.05, 4.69) is 38.1 Å². The van der Waals surface area contributed by atoms with Crippen molar-refractivity contribution in [3.8, 4) is 0 Å². The first-order valence-electron chi connectivity index (χ1n) is 7.99. The summed E-state index contributed by atoms with van der Waals surface area (Å²) in [5.41, 5.74) is 2.70. The van der Waals surface area contributed by atoms with Crippen LogP contribution in [0, 0.1) is 0 Å². The van der Waals surface area contributed by atoms with Gasteiger partial charge in [-0.2, -0.15) is 0 Å². The molecule has 2 rings (SSSR count). The van der Waals surface area contributed by atoms with Gasteiger partial charge in [-0.1, -0.05) is 38.1 Å². The van der Waals surface area contributed by atoms with Gasteiger partial charge < -0.3 is 9.64 Å². The number of ether oxygens (including phenoxy) is 1. The van der Waals surface area contributed by atoms with Crippen LogP contribution in [0.4, 0.5) is 0 Å². The Balaban J connectivity index is 1.72. The second-order valence-electron chi connectivity index (χ2n) is 6.24. The number of benzene rings is 1. The van der Waals surface area contributed by atoms with Crippen LogP contribution in [0.15, 0.2) is 24.3 Å². The minimum atomic E-state index is 0.234. The average molecular weight is 289 g/mol. The van der Waals surface area contributed by atoms with Crippen molar-refractivity contribution in [2.75, 3.05) is 20.2 Å².